The SMILES string of the molecule is CCOC(=O)c1cccc(OCC(=O)c2cc(C)n([C@@H]3CCS(=O)(=O)C3)c2C)c1. The predicted molar refractivity (Wildman–Crippen MR) is 108 cm³/mol. The Morgan fingerprint density at radius 3 is 2.62 bits per heavy atom. The third-order valence-electron chi connectivity index (χ3n) is 5.07. The highest BCUT2D eigenvalue weighted by atomic mass is 32.2. The zero-order chi connectivity index (χ0) is 21.2. The van der Waals surface area contributed by atoms with E-state index in [0.717, 1.165) is 11.4 Å². The van der Waals surface area contributed by atoms with E-state index in [1.165, 1.54) is 6.07 Å². The number of nitrogens with zero attached hydrogens (tertiary/aromatic N) is 1. The van der Waals surface area contributed by atoms with E-state index < -0.39 is 15.8 Å². The number of hydrogen-bond acceptors (Lipinski definition) is 6. The fourth-order valence-electron chi connectivity index (χ4n) is 3.75. The Balaban J connectivity index is 1.72. The molecule has 156 valence electrons. The number of ether oxygens (including phenoxy) is 2. The molecular formula is C21H25NO6S. The summed E-state index contributed by atoms with van der Waals surface area (Å²) in [4.78, 5) is 24.5. The molecule has 7 nitrogen and oxygen atoms in total. The fraction of sp³-hybridized carbons (Fsp3) is 0.429. The third-order valence-corrected chi connectivity index (χ3v) is 6.82. The molecule has 0 saturated carbocycles. The normalized spacial score (nSPS) is 17.8. The van der Waals surface area contributed by atoms with Crippen LogP contribution in [0.15, 0.2) is 30.3 Å². The lowest BCUT2D eigenvalue weighted by Gasteiger charge is -2.16. The van der Waals surface area contributed by atoms with Gasteiger partial charge in [0.2, 0.25) is 5.78 Å². The van der Waals surface area contributed by atoms with Crippen LogP contribution in [0.2, 0.25) is 0 Å². The summed E-state index contributed by atoms with van der Waals surface area (Å²) in [5.74, 6) is 0.0391. The molecular weight excluding hydrogens is 394 g/mol. The summed E-state index contributed by atoms with van der Waals surface area (Å²) < 4.78 is 36.1. The van der Waals surface area contributed by atoms with Crippen LogP contribution in [-0.2, 0) is 14.6 Å². The van der Waals surface area contributed by atoms with Crippen LogP contribution in [0.3, 0.4) is 0 Å². The van der Waals surface area contributed by atoms with Crippen LogP contribution in [-0.4, -0.2) is 49.5 Å². The largest absolute Gasteiger partial charge is 0.485 e. The Kier molecular flexibility index (Phi) is 6.12. The van der Waals surface area contributed by atoms with Gasteiger partial charge in [-0.1, -0.05) is 6.07 Å². The van der Waals surface area contributed by atoms with Crippen molar-refractivity contribution in [3.8, 4) is 5.75 Å². The van der Waals surface area contributed by atoms with Crippen LogP contribution >= 0.6 is 0 Å². The van der Waals surface area contributed by atoms with Gasteiger partial charge >= 0.3 is 5.97 Å². The first-order valence-electron chi connectivity index (χ1n) is 9.54. The summed E-state index contributed by atoms with van der Waals surface area (Å²) in [6.45, 7) is 5.53. The number of benzene rings is 1. The minimum absolute atomic E-state index is 0.105. The van der Waals surface area contributed by atoms with Gasteiger partial charge in [-0.05, 0) is 51.5 Å². The van der Waals surface area contributed by atoms with Crippen molar-refractivity contribution in [1.29, 1.82) is 0 Å². The van der Waals surface area contributed by atoms with Crippen molar-refractivity contribution < 1.29 is 27.5 Å². The van der Waals surface area contributed by atoms with Crippen LogP contribution < -0.4 is 4.74 Å². The highest BCUT2D eigenvalue weighted by Crippen LogP contribution is 2.29. The molecule has 3 rings (SSSR count). The highest BCUT2D eigenvalue weighted by molar-refractivity contribution is 7.91. The maximum atomic E-state index is 12.7. The molecule has 29 heavy (non-hydrogen) atoms. The second kappa shape index (κ2) is 8.41. The standard InChI is InChI=1S/C21H25NO6S/c1-4-27-21(24)16-6-5-7-18(11-16)28-12-20(23)19-10-14(2)22(15(19)3)17-8-9-29(25,26)13-17/h5-7,10-11,17H,4,8-9,12-13H2,1-3H3/t17-/m1/s1. The minimum atomic E-state index is -3.02. The Labute approximate surface area is 170 Å². The van der Waals surface area contributed by atoms with E-state index >= 15 is 0 Å². The summed E-state index contributed by atoms with van der Waals surface area (Å²) in [6.07, 6.45) is 0.559. The van der Waals surface area contributed by atoms with E-state index in [4.69, 9.17) is 9.47 Å². The number of ketones is 1. The number of sulfone groups is 1. The third kappa shape index (κ3) is 4.70. The molecule has 0 radical (unpaired) electrons. The van der Waals surface area contributed by atoms with Gasteiger partial charge in [0.1, 0.15) is 5.75 Å². The average Bonchev–Trinajstić information content (AvgIpc) is 3.18. The van der Waals surface area contributed by atoms with Gasteiger partial charge in [-0.15, -0.1) is 0 Å². The van der Waals surface area contributed by atoms with Crippen molar-refractivity contribution in [2.45, 2.75) is 33.2 Å². The number of Topliss-reactive ketones (excluding diaryl/α,β-unsaturated/α-hetero) is 1. The quantitative estimate of drug-likeness (QED) is 0.506. The second-order valence-electron chi connectivity index (χ2n) is 7.17. The Hall–Kier alpha value is -2.61. The van der Waals surface area contributed by atoms with Crippen molar-refractivity contribution in [2.24, 2.45) is 0 Å². The predicted octanol–water partition coefficient (Wildman–Crippen LogP) is 2.90. The molecule has 2 heterocycles. The van der Waals surface area contributed by atoms with Crippen molar-refractivity contribution in [3.63, 3.8) is 0 Å². The topological polar surface area (TPSA) is 91.7 Å². The number of carbonyl (C=O) groups is 2. The first-order valence-corrected chi connectivity index (χ1v) is 11.4. The molecule has 1 aromatic heterocycles. The summed E-state index contributed by atoms with van der Waals surface area (Å²) >= 11 is 0. The summed E-state index contributed by atoms with van der Waals surface area (Å²) in [6, 6.07) is 8.14. The van der Waals surface area contributed by atoms with Gasteiger partial charge in [-0.25, -0.2) is 13.2 Å². The Morgan fingerprint density at radius 2 is 1.97 bits per heavy atom. The smallest absolute Gasteiger partial charge is 0.338 e. The van der Waals surface area contributed by atoms with Crippen LogP contribution in [0.4, 0.5) is 0 Å². The summed E-state index contributed by atoms with van der Waals surface area (Å²) in [5, 5.41) is 0. The lowest BCUT2D eigenvalue weighted by Crippen LogP contribution is -2.16. The molecule has 1 fully saturated rings. The number of carbonyl (C=O) groups excluding carboxylic acids is 2. The summed E-state index contributed by atoms with van der Waals surface area (Å²) in [7, 11) is -3.02. The Morgan fingerprint density at radius 1 is 1.21 bits per heavy atom. The van der Waals surface area contributed by atoms with Gasteiger partial charge in [0.25, 0.3) is 0 Å². The van der Waals surface area contributed by atoms with E-state index in [9.17, 15) is 18.0 Å². The highest BCUT2D eigenvalue weighted by Gasteiger charge is 2.31. The van der Waals surface area contributed by atoms with Crippen LogP contribution in [0.25, 0.3) is 0 Å². The molecule has 0 spiro atoms. The van der Waals surface area contributed by atoms with Crippen LogP contribution in [0.5, 0.6) is 5.75 Å². The van der Waals surface area contributed by atoms with Gasteiger partial charge in [-0.3, -0.25) is 4.79 Å². The molecule has 0 N–H and O–H groups in total. The molecule has 1 saturated heterocycles. The van der Waals surface area contributed by atoms with Gasteiger partial charge in [-0.2, -0.15) is 0 Å². The van der Waals surface area contributed by atoms with Crippen molar-refractivity contribution in [1.82, 2.24) is 4.57 Å². The molecule has 1 aliphatic heterocycles. The van der Waals surface area contributed by atoms with Crippen molar-refractivity contribution in [3.05, 3.63) is 52.8 Å². The molecule has 0 bridgehead atoms. The lowest BCUT2D eigenvalue weighted by atomic mass is 10.1. The second-order valence-corrected chi connectivity index (χ2v) is 9.40. The first-order chi connectivity index (χ1) is 13.7. The van der Waals surface area contributed by atoms with E-state index in [1.54, 1.807) is 31.2 Å². The monoisotopic (exact) mass is 419 g/mol. The number of esters is 1. The molecule has 0 unspecified atom stereocenters. The Bertz CT molecular complexity index is 1040. The first kappa shape index (κ1) is 21.1. The van der Waals surface area contributed by atoms with Gasteiger partial charge < -0.3 is 14.0 Å². The lowest BCUT2D eigenvalue weighted by molar-refractivity contribution is 0.0526. The van der Waals surface area contributed by atoms with Crippen molar-refractivity contribution >= 4 is 21.6 Å². The number of hydrogen-bond donors (Lipinski definition) is 0. The van der Waals surface area contributed by atoms with E-state index in [-0.39, 0.29) is 36.5 Å². The molecule has 2 aromatic rings. The number of aromatic nitrogens is 1. The van der Waals surface area contributed by atoms with Crippen LogP contribution in [0.1, 0.15) is 51.5 Å². The van der Waals surface area contributed by atoms with E-state index in [1.807, 2.05) is 18.4 Å². The fourth-order valence-corrected chi connectivity index (χ4v) is 5.45. The number of aryl methyl sites for hydroxylation is 1. The molecule has 0 aliphatic carbocycles. The maximum Gasteiger partial charge on any atom is 0.338 e. The summed E-state index contributed by atoms with van der Waals surface area (Å²) in [5.41, 5.74) is 2.49. The zero-order valence-corrected chi connectivity index (χ0v) is 17.6. The minimum Gasteiger partial charge on any atom is -0.485 e. The van der Waals surface area contributed by atoms with E-state index in [0.29, 0.717) is 23.3 Å². The van der Waals surface area contributed by atoms with Gasteiger partial charge in [0.05, 0.1) is 23.7 Å². The molecule has 1 aliphatic rings. The van der Waals surface area contributed by atoms with E-state index in [2.05, 4.69) is 0 Å². The maximum absolute atomic E-state index is 12.7. The molecule has 8 heteroatoms. The average molecular weight is 419 g/mol. The molecule has 1 aromatic carbocycles. The van der Waals surface area contributed by atoms with Gasteiger partial charge in [0, 0.05) is 23.0 Å². The zero-order valence-electron chi connectivity index (χ0n) is 16.8. The molecule has 0 amide bonds. The number of rotatable bonds is 7. The molecule has 1 atom stereocenters. The van der Waals surface area contributed by atoms with Crippen LogP contribution in [0, 0.1) is 13.8 Å². The van der Waals surface area contributed by atoms with Gasteiger partial charge in [0.15, 0.2) is 16.4 Å². The van der Waals surface area contributed by atoms with Crippen molar-refractivity contribution in [2.75, 3.05) is 24.7 Å².